The van der Waals surface area contributed by atoms with Gasteiger partial charge in [0.05, 0.1) is 10.4 Å². The van der Waals surface area contributed by atoms with Gasteiger partial charge < -0.3 is 15.7 Å². The number of rotatable bonds is 8. The molecule has 3 aromatic carbocycles. The first-order chi connectivity index (χ1) is 18.5. The van der Waals surface area contributed by atoms with Gasteiger partial charge in [-0.3, -0.25) is 9.59 Å². The minimum absolute atomic E-state index is 0.0734. The molecule has 1 aromatic heterocycles. The highest BCUT2D eigenvalue weighted by Gasteiger charge is 2.30. The summed E-state index contributed by atoms with van der Waals surface area (Å²) in [6.45, 7) is 0. The molecule has 0 aliphatic carbocycles. The Balaban J connectivity index is 1.62. The maximum absolute atomic E-state index is 13.2. The van der Waals surface area contributed by atoms with E-state index in [9.17, 15) is 32.7 Å². The molecule has 0 saturated heterocycles. The SMILES string of the molecule is O=C(N[C@@H](Cc1ccc(Cl)cc1)C(=O)O)/C(=C/c1ccc(C(F)(F)F)cc1)NC(=O)c1cc2ccccc2s1. The first kappa shape index (κ1) is 27.9. The number of benzene rings is 3. The zero-order valence-corrected chi connectivity index (χ0v) is 21.5. The molecule has 1 heterocycles. The summed E-state index contributed by atoms with van der Waals surface area (Å²) in [5, 5.41) is 15.9. The van der Waals surface area contributed by atoms with Gasteiger partial charge in [0, 0.05) is 16.1 Å². The number of fused-ring (bicyclic) bond motifs is 1. The third kappa shape index (κ3) is 7.24. The predicted molar refractivity (Wildman–Crippen MR) is 143 cm³/mol. The second kappa shape index (κ2) is 11.7. The standard InChI is InChI=1S/C28H20ClF3N2O4S/c29-20-11-7-17(8-12-20)14-22(27(37)38)34-25(35)21(13-16-5-9-19(10-6-16)28(30,31)32)33-26(36)24-15-18-3-1-2-4-23(18)39-24/h1-13,15,22H,14H2,(H,33,36)(H,34,35)(H,37,38)/b21-13-/t22-/m0/s1. The number of carboxylic acid groups (broad SMARTS) is 1. The van der Waals surface area contributed by atoms with Crippen LogP contribution < -0.4 is 10.6 Å². The van der Waals surface area contributed by atoms with E-state index in [0.717, 1.165) is 34.4 Å². The van der Waals surface area contributed by atoms with Crippen molar-refractivity contribution in [3.8, 4) is 0 Å². The normalized spacial score (nSPS) is 12.7. The van der Waals surface area contributed by atoms with E-state index in [-0.39, 0.29) is 17.7 Å². The van der Waals surface area contributed by atoms with Gasteiger partial charge in [0.1, 0.15) is 11.7 Å². The van der Waals surface area contributed by atoms with Crippen LogP contribution in [0.15, 0.2) is 84.6 Å². The third-order valence-corrected chi connectivity index (χ3v) is 7.01. The smallest absolute Gasteiger partial charge is 0.416 e. The Morgan fingerprint density at radius 1 is 0.974 bits per heavy atom. The Labute approximate surface area is 229 Å². The lowest BCUT2D eigenvalue weighted by atomic mass is 10.1. The number of alkyl halides is 3. The fourth-order valence-corrected chi connectivity index (χ4v) is 4.75. The summed E-state index contributed by atoms with van der Waals surface area (Å²) in [5.74, 6) is -2.87. The summed E-state index contributed by atoms with van der Waals surface area (Å²) in [4.78, 5) is 38.5. The van der Waals surface area contributed by atoms with E-state index in [0.29, 0.717) is 15.5 Å². The molecule has 4 rings (SSSR count). The predicted octanol–water partition coefficient (Wildman–Crippen LogP) is 6.16. The van der Waals surface area contributed by atoms with Gasteiger partial charge >= 0.3 is 12.1 Å². The van der Waals surface area contributed by atoms with Crippen molar-refractivity contribution in [2.75, 3.05) is 0 Å². The fraction of sp³-hybridized carbons (Fsp3) is 0.107. The van der Waals surface area contributed by atoms with E-state index in [1.807, 2.05) is 24.3 Å². The quantitative estimate of drug-likeness (QED) is 0.221. The van der Waals surface area contributed by atoms with Crippen molar-refractivity contribution >= 4 is 56.9 Å². The average molecular weight is 573 g/mol. The van der Waals surface area contributed by atoms with Gasteiger partial charge in [0.15, 0.2) is 0 Å². The number of thiophene rings is 1. The molecule has 0 spiro atoms. The van der Waals surface area contributed by atoms with Crippen LogP contribution in [0.4, 0.5) is 13.2 Å². The van der Waals surface area contributed by atoms with E-state index in [1.54, 1.807) is 30.3 Å². The lowest BCUT2D eigenvalue weighted by Crippen LogP contribution is -2.45. The van der Waals surface area contributed by atoms with Gasteiger partial charge in [-0.1, -0.05) is 54.1 Å². The Hall–Kier alpha value is -4.15. The number of aliphatic carboxylic acids is 1. The van der Waals surface area contributed by atoms with Crippen LogP contribution in [0, 0.1) is 0 Å². The lowest BCUT2D eigenvalue weighted by molar-refractivity contribution is -0.141. The second-order valence-corrected chi connectivity index (χ2v) is 10.00. The molecular formula is C28H20ClF3N2O4S. The van der Waals surface area contributed by atoms with Gasteiger partial charge in [-0.05, 0) is 59.0 Å². The van der Waals surface area contributed by atoms with Gasteiger partial charge in [-0.15, -0.1) is 11.3 Å². The number of carbonyl (C=O) groups is 3. The van der Waals surface area contributed by atoms with Gasteiger partial charge in [-0.25, -0.2) is 4.79 Å². The molecule has 0 fully saturated rings. The number of nitrogens with one attached hydrogen (secondary N) is 2. The van der Waals surface area contributed by atoms with Crippen molar-refractivity contribution in [2.45, 2.75) is 18.6 Å². The minimum Gasteiger partial charge on any atom is -0.480 e. The first-order valence-corrected chi connectivity index (χ1v) is 12.7. The molecule has 0 bridgehead atoms. The zero-order chi connectivity index (χ0) is 28.2. The van der Waals surface area contributed by atoms with E-state index >= 15 is 0 Å². The van der Waals surface area contributed by atoms with Crippen LogP contribution >= 0.6 is 22.9 Å². The van der Waals surface area contributed by atoms with Crippen molar-refractivity contribution < 1.29 is 32.7 Å². The maximum Gasteiger partial charge on any atom is 0.416 e. The maximum atomic E-state index is 13.2. The van der Waals surface area contributed by atoms with Crippen LogP contribution in [0.2, 0.25) is 5.02 Å². The summed E-state index contributed by atoms with van der Waals surface area (Å²) in [7, 11) is 0. The molecule has 0 aliphatic heterocycles. The molecule has 39 heavy (non-hydrogen) atoms. The van der Waals surface area contributed by atoms with Crippen molar-refractivity contribution in [1.82, 2.24) is 10.6 Å². The summed E-state index contributed by atoms with van der Waals surface area (Å²) >= 11 is 7.07. The highest BCUT2D eigenvalue weighted by molar-refractivity contribution is 7.20. The summed E-state index contributed by atoms with van der Waals surface area (Å²) in [5.41, 5.74) is -0.433. The highest BCUT2D eigenvalue weighted by atomic mass is 35.5. The molecule has 6 nitrogen and oxygen atoms in total. The molecular weight excluding hydrogens is 553 g/mol. The Kier molecular flexibility index (Phi) is 8.37. The van der Waals surface area contributed by atoms with E-state index in [1.165, 1.54) is 17.4 Å². The number of carbonyl (C=O) groups excluding carboxylic acids is 2. The lowest BCUT2D eigenvalue weighted by Gasteiger charge is -2.17. The molecule has 3 N–H and O–H groups in total. The third-order valence-electron chi connectivity index (χ3n) is 5.65. The van der Waals surface area contributed by atoms with Crippen LogP contribution in [0.3, 0.4) is 0 Å². The largest absolute Gasteiger partial charge is 0.480 e. The van der Waals surface area contributed by atoms with Crippen LogP contribution in [0.5, 0.6) is 0 Å². The molecule has 4 aromatic rings. The van der Waals surface area contributed by atoms with Gasteiger partial charge in [0.2, 0.25) is 0 Å². The highest BCUT2D eigenvalue weighted by Crippen LogP contribution is 2.29. The number of halogens is 4. The van der Waals surface area contributed by atoms with E-state index in [4.69, 9.17) is 11.6 Å². The number of hydrogen-bond acceptors (Lipinski definition) is 4. The molecule has 11 heteroatoms. The molecule has 2 amide bonds. The van der Waals surface area contributed by atoms with Crippen LogP contribution in [0.1, 0.15) is 26.4 Å². The molecule has 0 saturated carbocycles. The van der Waals surface area contributed by atoms with Crippen LogP contribution in [-0.2, 0) is 22.2 Å². The summed E-state index contributed by atoms with van der Waals surface area (Å²) in [6, 6.07) is 17.9. The monoisotopic (exact) mass is 572 g/mol. The Bertz CT molecular complexity index is 1510. The van der Waals surface area contributed by atoms with Crippen molar-refractivity contribution in [3.63, 3.8) is 0 Å². The minimum atomic E-state index is -4.55. The van der Waals surface area contributed by atoms with Crippen molar-refractivity contribution in [3.05, 3.63) is 111 Å². The van der Waals surface area contributed by atoms with Gasteiger partial charge in [-0.2, -0.15) is 13.2 Å². The summed E-state index contributed by atoms with van der Waals surface area (Å²) < 4.78 is 39.8. The second-order valence-electron chi connectivity index (χ2n) is 8.48. The van der Waals surface area contributed by atoms with Crippen molar-refractivity contribution in [1.29, 1.82) is 0 Å². The number of hydrogen-bond donors (Lipinski definition) is 3. The molecule has 0 aliphatic rings. The van der Waals surface area contributed by atoms with Crippen LogP contribution in [0.25, 0.3) is 16.2 Å². The fourth-order valence-electron chi connectivity index (χ4n) is 3.66. The zero-order valence-electron chi connectivity index (χ0n) is 20.0. The van der Waals surface area contributed by atoms with E-state index in [2.05, 4.69) is 10.6 Å². The average Bonchev–Trinajstić information content (AvgIpc) is 3.33. The number of amides is 2. The summed E-state index contributed by atoms with van der Waals surface area (Å²) in [6.07, 6.45) is -3.44. The van der Waals surface area contributed by atoms with E-state index < -0.39 is 35.6 Å². The molecule has 0 unspecified atom stereocenters. The molecule has 0 radical (unpaired) electrons. The van der Waals surface area contributed by atoms with Crippen molar-refractivity contribution in [2.24, 2.45) is 0 Å². The number of carboxylic acids is 1. The Morgan fingerprint density at radius 2 is 1.64 bits per heavy atom. The topological polar surface area (TPSA) is 95.5 Å². The Morgan fingerprint density at radius 3 is 2.26 bits per heavy atom. The van der Waals surface area contributed by atoms with Gasteiger partial charge in [0.25, 0.3) is 11.8 Å². The van der Waals surface area contributed by atoms with Crippen LogP contribution in [-0.4, -0.2) is 28.9 Å². The molecule has 200 valence electrons. The molecule has 1 atom stereocenters. The first-order valence-electron chi connectivity index (χ1n) is 11.5.